The molecule has 0 fully saturated rings. The molecule has 0 saturated carbocycles. The molecule has 66 valence electrons. The van der Waals surface area contributed by atoms with Gasteiger partial charge in [-0.15, -0.1) is 0 Å². The zero-order chi connectivity index (χ0) is 9.14. The van der Waals surface area contributed by atoms with Crippen LogP contribution in [-0.4, -0.2) is 16.5 Å². The molecule has 0 saturated heterocycles. The standard InChI is InChI=1S/C9H15N3/c1-5-10-9-11-7(3)6(2)8(4)12-9/h5H2,1-4H3,(H,10,11,12). The fourth-order valence-electron chi connectivity index (χ4n) is 1.01. The lowest BCUT2D eigenvalue weighted by molar-refractivity contribution is 0.992. The third kappa shape index (κ3) is 1.72. The Kier molecular flexibility index (Phi) is 2.63. The summed E-state index contributed by atoms with van der Waals surface area (Å²) >= 11 is 0. The highest BCUT2D eigenvalue weighted by molar-refractivity contribution is 5.32. The van der Waals surface area contributed by atoms with Gasteiger partial charge in [-0.05, 0) is 33.3 Å². The molecule has 0 aliphatic rings. The van der Waals surface area contributed by atoms with Gasteiger partial charge in [0, 0.05) is 17.9 Å². The molecule has 0 aromatic carbocycles. The van der Waals surface area contributed by atoms with Gasteiger partial charge in [0.1, 0.15) is 0 Å². The highest BCUT2D eigenvalue weighted by atomic mass is 15.1. The van der Waals surface area contributed by atoms with E-state index in [1.54, 1.807) is 0 Å². The van der Waals surface area contributed by atoms with Crippen LogP contribution in [-0.2, 0) is 0 Å². The summed E-state index contributed by atoms with van der Waals surface area (Å²) in [6.45, 7) is 8.95. The number of nitrogens with one attached hydrogen (secondary N) is 1. The second-order valence-corrected chi connectivity index (χ2v) is 2.87. The van der Waals surface area contributed by atoms with Crippen molar-refractivity contribution >= 4 is 5.95 Å². The van der Waals surface area contributed by atoms with Gasteiger partial charge in [0.15, 0.2) is 0 Å². The Bertz CT molecular complexity index is 258. The minimum atomic E-state index is 0.734. The summed E-state index contributed by atoms with van der Waals surface area (Å²) in [6, 6.07) is 0. The van der Waals surface area contributed by atoms with Gasteiger partial charge in [0.25, 0.3) is 0 Å². The number of aryl methyl sites for hydroxylation is 2. The lowest BCUT2D eigenvalue weighted by Gasteiger charge is -2.06. The molecule has 1 aromatic heterocycles. The number of hydrogen-bond acceptors (Lipinski definition) is 3. The maximum atomic E-state index is 4.30. The highest BCUT2D eigenvalue weighted by Crippen LogP contribution is 2.10. The van der Waals surface area contributed by atoms with Crippen LogP contribution in [0.15, 0.2) is 0 Å². The topological polar surface area (TPSA) is 37.8 Å². The van der Waals surface area contributed by atoms with E-state index < -0.39 is 0 Å². The number of nitrogens with zero attached hydrogens (tertiary/aromatic N) is 2. The fourth-order valence-corrected chi connectivity index (χ4v) is 1.01. The van der Waals surface area contributed by atoms with E-state index in [-0.39, 0.29) is 0 Å². The Labute approximate surface area is 73.2 Å². The molecule has 12 heavy (non-hydrogen) atoms. The summed E-state index contributed by atoms with van der Waals surface area (Å²) in [7, 11) is 0. The maximum absolute atomic E-state index is 4.30. The van der Waals surface area contributed by atoms with Crippen LogP contribution in [0.25, 0.3) is 0 Å². The predicted molar refractivity (Wildman–Crippen MR) is 50.4 cm³/mol. The van der Waals surface area contributed by atoms with Crippen LogP contribution in [0.5, 0.6) is 0 Å². The molecule has 3 nitrogen and oxygen atoms in total. The Balaban J connectivity index is 3.04. The van der Waals surface area contributed by atoms with Crippen molar-refractivity contribution in [2.75, 3.05) is 11.9 Å². The smallest absolute Gasteiger partial charge is 0.223 e. The van der Waals surface area contributed by atoms with Crippen molar-refractivity contribution in [3.8, 4) is 0 Å². The van der Waals surface area contributed by atoms with Gasteiger partial charge in [-0.1, -0.05) is 0 Å². The van der Waals surface area contributed by atoms with Crippen LogP contribution >= 0.6 is 0 Å². The van der Waals surface area contributed by atoms with Gasteiger partial charge < -0.3 is 5.32 Å². The monoisotopic (exact) mass is 165 g/mol. The molecule has 0 aliphatic carbocycles. The van der Waals surface area contributed by atoms with Crippen LogP contribution in [0.2, 0.25) is 0 Å². The minimum Gasteiger partial charge on any atom is -0.354 e. The van der Waals surface area contributed by atoms with Gasteiger partial charge in [0.2, 0.25) is 5.95 Å². The second kappa shape index (κ2) is 3.52. The zero-order valence-corrected chi connectivity index (χ0v) is 8.10. The van der Waals surface area contributed by atoms with Crippen LogP contribution in [0.4, 0.5) is 5.95 Å². The number of aromatic nitrogens is 2. The van der Waals surface area contributed by atoms with Gasteiger partial charge in [-0.2, -0.15) is 0 Å². The second-order valence-electron chi connectivity index (χ2n) is 2.87. The molecule has 3 heteroatoms. The Morgan fingerprint density at radius 1 is 1.08 bits per heavy atom. The van der Waals surface area contributed by atoms with Crippen LogP contribution in [0, 0.1) is 20.8 Å². The summed E-state index contributed by atoms with van der Waals surface area (Å²) in [5.41, 5.74) is 3.29. The Hall–Kier alpha value is -1.12. The third-order valence-corrected chi connectivity index (χ3v) is 1.97. The van der Waals surface area contributed by atoms with E-state index in [9.17, 15) is 0 Å². The lowest BCUT2D eigenvalue weighted by Crippen LogP contribution is -2.05. The first-order chi connectivity index (χ1) is 5.65. The van der Waals surface area contributed by atoms with Crippen LogP contribution < -0.4 is 5.32 Å². The van der Waals surface area contributed by atoms with E-state index >= 15 is 0 Å². The van der Waals surface area contributed by atoms with Crippen LogP contribution in [0.3, 0.4) is 0 Å². The summed E-state index contributed by atoms with van der Waals surface area (Å²) in [6.07, 6.45) is 0. The summed E-state index contributed by atoms with van der Waals surface area (Å²) in [5.74, 6) is 0.734. The van der Waals surface area contributed by atoms with Gasteiger partial charge in [-0.3, -0.25) is 0 Å². The quantitative estimate of drug-likeness (QED) is 0.726. The van der Waals surface area contributed by atoms with Crippen molar-refractivity contribution < 1.29 is 0 Å². The molecule has 1 rings (SSSR count). The largest absolute Gasteiger partial charge is 0.354 e. The third-order valence-electron chi connectivity index (χ3n) is 1.97. The first-order valence-corrected chi connectivity index (χ1v) is 4.21. The van der Waals surface area contributed by atoms with E-state index in [0.717, 1.165) is 23.9 Å². The summed E-state index contributed by atoms with van der Waals surface area (Å²) < 4.78 is 0. The first kappa shape index (κ1) is 8.97. The minimum absolute atomic E-state index is 0.734. The summed E-state index contributed by atoms with van der Waals surface area (Å²) in [4.78, 5) is 8.60. The van der Waals surface area contributed by atoms with Gasteiger partial charge in [0.05, 0.1) is 0 Å². The molecule has 0 unspecified atom stereocenters. The zero-order valence-electron chi connectivity index (χ0n) is 8.10. The average molecular weight is 165 g/mol. The number of hydrogen-bond donors (Lipinski definition) is 1. The molecule has 1 N–H and O–H groups in total. The van der Waals surface area contributed by atoms with Crippen LogP contribution in [0.1, 0.15) is 23.9 Å². The van der Waals surface area contributed by atoms with E-state index in [2.05, 4.69) is 15.3 Å². The molecule has 0 bridgehead atoms. The molecule has 1 aromatic rings. The van der Waals surface area contributed by atoms with E-state index in [1.165, 1.54) is 5.56 Å². The van der Waals surface area contributed by atoms with E-state index in [4.69, 9.17) is 0 Å². The number of anilines is 1. The lowest BCUT2D eigenvalue weighted by atomic mass is 10.2. The fraction of sp³-hybridized carbons (Fsp3) is 0.556. The van der Waals surface area contributed by atoms with Gasteiger partial charge >= 0.3 is 0 Å². The molecular weight excluding hydrogens is 150 g/mol. The molecular formula is C9H15N3. The van der Waals surface area contributed by atoms with Crippen molar-refractivity contribution in [2.24, 2.45) is 0 Å². The van der Waals surface area contributed by atoms with Crippen molar-refractivity contribution in [3.63, 3.8) is 0 Å². The maximum Gasteiger partial charge on any atom is 0.223 e. The van der Waals surface area contributed by atoms with Crippen molar-refractivity contribution in [1.29, 1.82) is 0 Å². The van der Waals surface area contributed by atoms with E-state index in [1.807, 2.05) is 27.7 Å². The molecule has 0 spiro atoms. The molecule has 0 radical (unpaired) electrons. The first-order valence-electron chi connectivity index (χ1n) is 4.21. The molecule has 1 heterocycles. The molecule has 0 atom stereocenters. The highest BCUT2D eigenvalue weighted by Gasteiger charge is 2.02. The SMILES string of the molecule is CCNc1nc(C)c(C)c(C)n1. The number of rotatable bonds is 2. The van der Waals surface area contributed by atoms with Gasteiger partial charge in [-0.25, -0.2) is 9.97 Å². The Morgan fingerprint density at radius 3 is 2.00 bits per heavy atom. The normalized spacial score (nSPS) is 10.0. The predicted octanol–water partition coefficient (Wildman–Crippen LogP) is 1.83. The van der Waals surface area contributed by atoms with E-state index in [0.29, 0.717) is 0 Å². The van der Waals surface area contributed by atoms with Crippen molar-refractivity contribution in [1.82, 2.24) is 9.97 Å². The van der Waals surface area contributed by atoms with Crippen molar-refractivity contribution in [3.05, 3.63) is 17.0 Å². The Morgan fingerprint density at radius 2 is 1.58 bits per heavy atom. The summed E-state index contributed by atoms with van der Waals surface area (Å²) in [5, 5.41) is 3.09. The average Bonchev–Trinajstić information content (AvgIpc) is 2.01. The molecule has 0 aliphatic heterocycles. The van der Waals surface area contributed by atoms with Crippen molar-refractivity contribution in [2.45, 2.75) is 27.7 Å². The molecule has 0 amide bonds.